The zero-order valence-electron chi connectivity index (χ0n) is 13.9. The van der Waals surface area contributed by atoms with Crippen LogP contribution in [0.4, 0.5) is 0 Å². The Balaban J connectivity index is 1.75. The number of ether oxygens (including phenoxy) is 1. The number of aliphatic hydroxyl groups is 1. The van der Waals surface area contributed by atoms with Crippen LogP contribution in [0.3, 0.4) is 0 Å². The lowest BCUT2D eigenvalue weighted by atomic mass is 9.67. The van der Waals surface area contributed by atoms with Crippen LogP contribution in [0.15, 0.2) is 0 Å². The van der Waals surface area contributed by atoms with Crippen molar-refractivity contribution in [2.45, 2.75) is 87.9 Å². The fraction of sp³-hybridized carbons (Fsp3) is 1.00. The van der Waals surface area contributed by atoms with E-state index in [0.717, 1.165) is 32.3 Å². The summed E-state index contributed by atoms with van der Waals surface area (Å²) in [6.07, 6.45) is 13.2. The zero-order valence-corrected chi connectivity index (χ0v) is 13.9. The van der Waals surface area contributed by atoms with Crippen molar-refractivity contribution in [1.82, 2.24) is 4.90 Å². The molecule has 1 N–H and O–H groups in total. The summed E-state index contributed by atoms with van der Waals surface area (Å²) in [4.78, 5) is 2.34. The SMILES string of the molecule is CN(C)C1(C(O)C2CCOC3(CCC3)C2)CCCCCC1. The highest BCUT2D eigenvalue weighted by Crippen LogP contribution is 2.47. The van der Waals surface area contributed by atoms with Gasteiger partial charge in [0.25, 0.3) is 0 Å². The summed E-state index contributed by atoms with van der Waals surface area (Å²) in [5.41, 5.74) is 0.144. The van der Waals surface area contributed by atoms with E-state index in [1.807, 2.05) is 0 Å². The summed E-state index contributed by atoms with van der Waals surface area (Å²) in [7, 11) is 4.35. The molecule has 1 saturated heterocycles. The lowest BCUT2D eigenvalue weighted by Crippen LogP contribution is -2.59. The summed E-state index contributed by atoms with van der Waals surface area (Å²) in [5.74, 6) is 0.430. The maximum atomic E-state index is 11.3. The van der Waals surface area contributed by atoms with Gasteiger partial charge in [0.1, 0.15) is 0 Å². The second-order valence-corrected chi connectivity index (χ2v) is 7.99. The van der Waals surface area contributed by atoms with Gasteiger partial charge in [-0.25, -0.2) is 0 Å². The van der Waals surface area contributed by atoms with Crippen molar-refractivity contribution in [2.24, 2.45) is 5.92 Å². The molecule has 1 aliphatic heterocycles. The maximum Gasteiger partial charge on any atom is 0.0753 e. The summed E-state index contributed by atoms with van der Waals surface area (Å²) < 4.78 is 6.06. The predicted molar refractivity (Wildman–Crippen MR) is 85.4 cm³/mol. The van der Waals surface area contributed by atoms with Crippen LogP contribution in [0.2, 0.25) is 0 Å². The molecular weight excluding hydrogens is 262 g/mol. The van der Waals surface area contributed by atoms with E-state index in [4.69, 9.17) is 4.74 Å². The van der Waals surface area contributed by atoms with E-state index in [9.17, 15) is 5.11 Å². The third-order valence-electron chi connectivity index (χ3n) is 6.65. The van der Waals surface area contributed by atoms with E-state index in [-0.39, 0.29) is 17.2 Å². The highest BCUT2D eigenvalue weighted by molar-refractivity contribution is 5.03. The molecule has 3 fully saturated rings. The minimum Gasteiger partial charge on any atom is -0.391 e. The minimum atomic E-state index is -0.188. The molecule has 2 aliphatic carbocycles. The van der Waals surface area contributed by atoms with Crippen LogP contribution in [0, 0.1) is 5.92 Å². The smallest absolute Gasteiger partial charge is 0.0753 e. The Morgan fingerprint density at radius 2 is 1.67 bits per heavy atom. The molecule has 0 aromatic carbocycles. The van der Waals surface area contributed by atoms with Crippen LogP contribution in [-0.4, -0.2) is 48.0 Å². The van der Waals surface area contributed by atoms with Gasteiger partial charge in [-0.05, 0) is 65.0 Å². The zero-order chi connectivity index (χ0) is 14.9. The standard InChI is InChI=1S/C18H33NO2/c1-19(2)18(11-5-3-4-6-12-18)16(20)15-8-13-21-17(14-15)9-7-10-17/h15-16,20H,3-14H2,1-2H3. The molecule has 0 aromatic heterocycles. The third kappa shape index (κ3) is 2.89. The molecule has 1 heterocycles. The van der Waals surface area contributed by atoms with Crippen LogP contribution in [0.25, 0.3) is 0 Å². The molecule has 122 valence electrons. The van der Waals surface area contributed by atoms with Crippen molar-refractivity contribution in [3.8, 4) is 0 Å². The van der Waals surface area contributed by atoms with Crippen LogP contribution in [-0.2, 0) is 4.74 Å². The van der Waals surface area contributed by atoms with Gasteiger partial charge in [-0.3, -0.25) is 0 Å². The van der Waals surface area contributed by atoms with E-state index in [1.165, 1.54) is 44.9 Å². The molecule has 2 atom stereocenters. The number of hydrogen-bond acceptors (Lipinski definition) is 3. The summed E-state index contributed by atoms with van der Waals surface area (Å²) in [5, 5.41) is 11.3. The van der Waals surface area contributed by atoms with Crippen LogP contribution < -0.4 is 0 Å². The summed E-state index contributed by atoms with van der Waals surface area (Å²) in [6.45, 7) is 0.852. The average Bonchev–Trinajstić information content (AvgIpc) is 2.71. The van der Waals surface area contributed by atoms with Gasteiger partial charge in [-0.2, -0.15) is 0 Å². The van der Waals surface area contributed by atoms with E-state index in [0.29, 0.717) is 5.92 Å². The quantitative estimate of drug-likeness (QED) is 0.811. The predicted octanol–water partition coefficient (Wildman–Crippen LogP) is 3.35. The number of nitrogens with zero attached hydrogens (tertiary/aromatic N) is 1. The monoisotopic (exact) mass is 295 g/mol. The Morgan fingerprint density at radius 3 is 2.19 bits per heavy atom. The molecule has 3 rings (SSSR count). The van der Waals surface area contributed by atoms with Crippen molar-refractivity contribution in [3.63, 3.8) is 0 Å². The normalized spacial score (nSPS) is 33.4. The highest BCUT2D eigenvalue weighted by Gasteiger charge is 2.49. The van der Waals surface area contributed by atoms with E-state index >= 15 is 0 Å². The largest absolute Gasteiger partial charge is 0.391 e. The molecule has 2 unspecified atom stereocenters. The van der Waals surface area contributed by atoms with E-state index in [2.05, 4.69) is 19.0 Å². The Morgan fingerprint density at radius 1 is 1.00 bits per heavy atom. The number of aliphatic hydroxyl groups excluding tert-OH is 1. The Labute approximate surface area is 130 Å². The molecule has 0 radical (unpaired) electrons. The first kappa shape index (κ1) is 15.8. The number of hydrogen-bond donors (Lipinski definition) is 1. The van der Waals surface area contributed by atoms with Crippen molar-refractivity contribution in [3.05, 3.63) is 0 Å². The van der Waals surface area contributed by atoms with Crippen LogP contribution in [0.1, 0.15) is 70.6 Å². The molecule has 3 aliphatic rings. The molecule has 2 saturated carbocycles. The van der Waals surface area contributed by atoms with Gasteiger partial charge in [0, 0.05) is 12.1 Å². The molecule has 0 aromatic rings. The third-order valence-corrected chi connectivity index (χ3v) is 6.65. The van der Waals surface area contributed by atoms with Gasteiger partial charge >= 0.3 is 0 Å². The second-order valence-electron chi connectivity index (χ2n) is 7.99. The lowest BCUT2D eigenvalue weighted by Gasteiger charge is -2.52. The number of rotatable bonds is 3. The molecule has 3 nitrogen and oxygen atoms in total. The topological polar surface area (TPSA) is 32.7 Å². The Kier molecular flexibility index (Phi) is 4.63. The van der Waals surface area contributed by atoms with Gasteiger partial charge in [0.2, 0.25) is 0 Å². The van der Waals surface area contributed by atoms with Crippen LogP contribution >= 0.6 is 0 Å². The molecular formula is C18H33NO2. The first-order chi connectivity index (χ1) is 10.1. The van der Waals surface area contributed by atoms with Crippen molar-refractivity contribution >= 4 is 0 Å². The fourth-order valence-electron chi connectivity index (χ4n) is 5.04. The van der Waals surface area contributed by atoms with Gasteiger partial charge in [0.05, 0.1) is 11.7 Å². The highest BCUT2D eigenvalue weighted by atomic mass is 16.5. The first-order valence-electron chi connectivity index (χ1n) is 9.08. The van der Waals surface area contributed by atoms with E-state index < -0.39 is 0 Å². The average molecular weight is 295 g/mol. The molecule has 1 spiro atoms. The second kappa shape index (κ2) is 6.17. The van der Waals surface area contributed by atoms with Gasteiger partial charge in [-0.15, -0.1) is 0 Å². The van der Waals surface area contributed by atoms with Crippen molar-refractivity contribution < 1.29 is 9.84 Å². The minimum absolute atomic E-state index is 0.00342. The lowest BCUT2D eigenvalue weighted by molar-refractivity contribution is -0.171. The first-order valence-corrected chi connectivity index (χ1v) is 9.08. The van der Waals surface area contributed by atoms with Crippen molar-refractivity contribution in [1.29, 1.82) is 0 Å². The van der Waals surface area contributed by atoms with E-state index in [1.54, 1.807) is 0 Å². The van der Waals surface area contributed by atoms with Gasteiger partial charge < -0.3 is 14.7 Å². The Hall–Kier alpha value is -0.120. The molecule has 0 bridgehead atoms. The summed E-state index contributed by atoms with van der Waals surface area (Å²) >= 11 is 0. The van der Waals surface area contributed by atoms with Crippen molar-refractivity contribution in [2.75, 3.05) is 20.7 Å². The fourth-order valence-corrected chi connectivity index (χ4v) is 5.04. The maximum absolute atomic E-state index is 11.3. The van der Waals surface area contributed by atoms with Gasteiger partial charge in [0.15, 0.2) is 0 Å². The molecule has 3 heteroatoms. The molecule has 21 heavy (non-hydrogen) atoms. The number of likely N-dealkylation sites (N-methyl/N-ethyl adjacent to an activating group) is 1. The molecule has 0 amide bonds. The van der Waals surface area contributed by atoms with Crippen LogP contribution in [0.5, 0.6) is 0 Å². The summed E-state index contributed by atoms with van der Waals surface area (Å²) in [6, 6.07) is 0. The van der Waals surface area contributed by atoms with Gasteiger partial charge in [-0.1, -0.05) is 25.7 Å². The Bertz CT molecular complexity index is 343.